The van der Waals surface area contributed by atoms with E-state index in [9.17, 15) is 13.7 Å². The van der Waals surface area contributed by atoms with Gasteiger partial charge in [0.2, 0.25) is 0 Å². The molecular weight excluding hydrogens is 388 g/mol. The SMILES string of the molecule is Cc1cc(C)nc(-n2nc(C)c(C#N)c2NS(=O)(=O)c2ccc(Cl)cc2)n1. The number of nitriles is 1. The van der Waals surface area contributed by atoms with Crippen LogP contribution in [0.1, 0.15) is 22.6 Å². The topological polar surface area (TPSA) is 114 Å². The van der Waals surface area contributed by atoms with E-state index in [-0.39, 0.29) is 22.2 Å². The maximum atomic E-state index is 12.8. The first kappa shape index (κ1) is 18.8. The van der Waals surface area contributed by atoms with Crippen LogP contribution in [0, 0.1) is 32.1 Å². The van der Waals surface area contributed by atoms with E-state index in [1.807, 2.05) is 6.07 Å². The van der Waals surface area contributed by atoms with E-state index in [1.165, 1.54) is 28.9 Å². The van der Waals surface area contributed by atoms with Crippen LogP contribution in [-0.4, -0.2) is 28.2 Å². The molecule has 1 N–H and O–H groups in total. The zero-order valence-corrected chi connectivity index (χ0v) is 16.3. The first-order valence-electron chi connectivity index (χ1n) is 7.82. The van der Waals surface area contributed by atoms with Crippen LogP contribution < -0.4 is 4.72 Å². The maximum absolute atomic E-state index is 12.8. The molecule has 0 spiro atoms. The fourth-order valence-corrected chi connectivity index (χ4v) is 3.68. The van der Waals surface area contributed by atoms with Crippen molar-refractivity contribution in [2.75, 3.05) is 4.72 Å². The van der Waals surface area contributed by atoms with Gasteiger partial charge in [-0.25, -0.2) is 18.4 Å². The zero-order valence-electron chi connectivity index (χ0n) is 14.7. The molecule has 27 heavy (non-hydrogen) atoms. The molecule has 0 atom stereocenters. The standard InChI is InChI=1S/C17H15ClN6O2S/c1-10-8-11(2)21-17(20-10)24-16(15(9-19)12(3)22-24)23-27(25,26)14-6-4-13(18)5-7-14/h4-8,23H,1-3H3. The largest absolute Gasteiger partial charge is 0.263 e. The van der Waals surface area contributed by atoms with E-state index in [0.29, 0.717) is 22.1 Å². The molecule has 10 heteroatoms. The van der Waals surface area contributed by atoms with Crippen molar-refractivity contribution in [1.29, 1.82) is 5.26 Å². The molecule has 138 valence electrons. The number of rotatable bonds is 4. The molecule has 0 saturated heterocycles. The fourth-order valence-electron chi connectivity index (χ4n) is 2.50. The van der Waals surface area contributed by atoms with Crippen molar-refractivity contribution in [2.24, 2.45) is 0 Å². The highest BCUT2D eigenvalue weighted by Gasteiger charge is 2.24. The normalized spacial score (nSPS) is 11.2. The molecule has 3 aromatic rings. The van der Waals surface area contributed by atoms with Crippen LogP contribution in [0.5, 0.6) is 0 Å². The highest BCUT2D eigenvalue weighted by molar-refractivity contribution is 7.92. The maximum Gasteiger partial charge on any atom is 0.263 e. The second kappa shape index (κ2) is 6.98. The average Bonchev–Trinajstić information content (AvgIpc) is 2.89. The van der Waals surface area contributed by atoms with E-state index in [2.05, 4.69) is 19.8 Å². The van der Waals surface area contributed by atoms with Crippen LogP contribution in [0.4, 0.5) is 5.82 Å². The van der Waals surface area contributed by atoms with Crippen molar-refractivity contribution in [3.63, 3.8) is 0 Å². The summed E-state index contributed by atoms with van der Waals surface area (Å²) in [5, 5.41) is 14.1. The van der Waals surface area contributed by atoms with Crippen LogP contribution in [0.2, 0.25) is 5.02 Å². The summed E-state index contributed by atoms with van der Waals surface area (Å²) in [5.74, 6) is 0.154. The highest BCUT2D eigenvalue weighted by atomic mass is 35.5. The van der Waals surface area contributed by atoms with Gasteiger partial charge in [0.05, 0.1) is 10.6 Å². The number of sulfonamides is 1. The number of hydrogen-bond acceptors (Lipinski definition) is 6. The summed E-state index contributed by atoms with van der Waals surface area (Å²) >= 11 is 5.82. The summed E-state index contributed by atoms with van der Waals surface area (Å²) < 4.78 is 29.2. The minimum atomic E-state index is -3.98. The van der Waals surface area contributed by atoms with Crippen molar-refractivity contribution >= 4 is 27.4 Å². The second-order valence-electron chi connectivity index (χ2n) is 5.84. The van der Waals surface area contributed by atoms with Crippen LogP contribution >= 0.6 is 11.6 Å². The molecule has 0 aliphatic heterocycles. The minimum absolute atomic E-state index is 0.00235. The smallest absolute Gasteiger partial charge is 0.262 e. The van der Waals surface area contributed by atoms with Crippen LogP contribution in [0.15, 0.2) is 35.2 Å². The van der Waals surface area contributed by atoms with Gasteiger partial charge in [-0.3, -0.25) is 4.72 Å². The minimum Gasteiger partial charge on any atom is -0.262 e. The Morgan fingerprint density at radius 2 is 1.70 bits per heavy atom. The van der Waals surface area contributed by atoms with Crippen LogP contribution in [-0.2, 0) is 10.0 Å². The van der Waals surface area contributed by atoms with Crippen molar-refractivity contribution in [1.82, 2.24) is 19.7 Å². The molecule has 2 heterocycles. The van der Waals surface area contributed by atoms with Gasteiger partial charge in [-0.15, -0.1) is 0 Å². The monoisotopic (exact) mass is 402 g/mol. The van der Waals surface area contributed by atoms with Gasteiger partial charge in [0.15, 0.2) is 5.82 Å². The Kier molecular flexibility index (Phi) is 4.87. The lowest BCUT2D eigenvalue weighted by Crippen LogP contribution is -2.18. The van der Waals surface area contributed by atoms with Gasteiger partial charge in [0.1, 0.15) is 11.6 Å². The van der Waals surface area contributed by atoms with Gasteiger partial charge in [-0.2, -0.15) is 15.0 Å². The van der Waals surface area contributed by atoms with E-state index in [1.54, 1.807) is 26.8 Å². The molecule has 0 radical (unpaired) electrons. The third-order valence-corrected chi connectivity index (χ3v) is 5.29. The first-order valence-corrected chi connectivity index (χ1v) is 9.68. The van der Waals surface area contributed by atoms with E-state index >= 15 is 0 Å². The summed E-state index contributed by atoms with van der Waals surface area (Å²) in [4.78, 5) is 8.59. The Morgan fingerprint density at radius 3 is 2.26 bits per heavy atom. The molecule has 1 aromatic carbocycles. The molecule has 0 aliphatic carbocycles. The van der Waals surface area contributed by atoms with Gasteiger partial charge < -0.3 is 0 Å². The molecule has 0 aliphatic rings. The first-order chi connectivity index (χ1) is 12.7. The number of aryl methyl sites for hydroxylation is 3. The number of aromatic nitrogens is 4. The number of hydrogen-bond donors (Lipinski definition) is 1. The molecule has 0 amide bonds. The lowest BCUT2D eigenvalue weighted by molar-refractivity contribution is 0.600. The van der Waals surface area contributed by atoms with E-state index < -0.39 is 10.0 Å². The van der Waals surface area contributed by atoms with Gasteiger partial charge in [-0.1, -0.05) is 11.6 Å². The van der Waals surface area contributed by atoms with Crippen LogP contribution in [0.25, 0.3) is 5.95 Å². The van der Waals surface area contributed by atoms with Gasteiger partial charge in [0.25, 0.3) is 16.0 Å². The molecular formula is C17H15ClN6O2S. The molecule has 0 bridgehead atoms. The lowest BCUT2D eigenvalue weighted by Gasteiger charge is -2.11. The fraction of sp³-hybridized carbons (Fsp3) is 0.176. The third-order valence-electron chi connectivity index (χ3n) is 3.69. The highest BCUT2D eigenvalue weighted by Crippen LogP contribution is 2.25. The number of benzene rings is 1. The predicted octanol–water partition coefficient (Wildman–Crippen LogP) is 2.91. The van der Waals surface area contributed by atoms with Crippen LogP contribution in [0.3, 0.4) is 0 Å². The molecule has 8 nitrogen and oxygen atoms in total. The quantitative estimate of drug-likeness (QED) is 0.717. The summed E-state index contributed by atoms with van der Waals surface area (Å²) in [6, 6.07) is 9.44. The molecule has 2 aromatic heterocycles. The third kappa shape index (κ3) is 3.77. The van der Waals surface area contributed by atoms with Gasteiger partial charge >= 0.3 is 0 Å². The zero-order chi connectivity index (χ0) is 19.8. The number of anilines is 1. The van der Waals surface area contributed by atoms with Gasteiger partial charge in [-0.05, 0) is 51.1 Å². The van der Waals surface area contributed by atoms with E-state index in [0.717, 1.165) is 0 Å². The van der Waals surface area contributed by atoms with Gasteiger partial charge in [0, 0.05) is 16.4 Å². The Hall–Kier alpha value is -2.96. The second-order valence-corrected chi connectivity index (χ2v) is 7.96. The lowest BCUT2D eigenvalue weighted by atomic mass is 10.3. The number of nitrogens with one attached hydrogen (secondary N) is 1. The van der Waals surface area contributed by atoms with Crippen molar-refractivity contribution in [3.05, 3.63) is 58.0 Å². The predicted molar refractivity (Wildman–Crippen MR) is 100 cm³/mol. The average molecular weight is 403 g/mol. The molecule has 0 fully saturated rings. The van der Waals surface area contributed by atoms with Crippen molar-refractivity contribution < 1.29 is 8.42 Å². The van der Waals surface area contributed by atoms with Crippen molar-refractivity contribution in [3.8, 4) is 12.0 Å². The van der Waals surface area contributed by atoms with E-state index in [4.69, 9.17) is 11.6 Å². The Labute approximate surface area is 161 Å². The summed E-state index contributed by atoms with van der Waals surface area (Å²) in [5.41, 5.74) is 1.83. The Bertz CT molecular complexity index is 1140. The molecule has 0 unspecified atom stereocenters. The number of halogens is 1. The molecule has 3 rings (SSSR count). The number of nitrogens with zero attached hydrogens (tertiary/aromatic N) is 5. The summed E-state index contributed by atoms with van der Waals surface area (Å²) in [6.07, 6.45) is 0. The Morgan fingerprint density at radius 1 is 1.11 bits per heavy atom. The Balaban J connectivity index is 2.15. The van der Waals surface area contributed by atoms with Crippen molar-refractivity contribution in [2.45, 2.75) is 25.7 Å². The summed E-state index contributed by atoms with van der Waals surface area (Å²) in [6.45, 7) is 5.19. The summed E-state index contributed by atoms with van der Waals surface area (Å²) in [7, 11) is -3.98. The molecule has 0 saturated carbocycles.